The maximum atomic E-state index is 12.8. The van der Waals surface area contributed by atoms with E-state index in [-0.39, 0.29) is 11.6 Å². The Labute approximate surface area is 172 Å². The first-order valence-electron chi connectivity index (χ1n) is 8.97. The molecule has 3 rings (SSSR count). The molecular weight excluding hydrogens is 386 g/mol. The van der Waals surface area contributed by atoms with E-state index in [1.807, 2.05) is 48.5 Å². The molecule has 2 aromatic carbocycles. The van der Waals surface area contributed by atoms with Crippen molar-refractivity contribution in [1.29, 1.82) is 0 Å². The molecule has 29 heavy (non-hydrogen) atoms. The summed E-state index contributed by atoms with van der Waals surface area (Å²) in [5.74, 6) is 0.499. The van der Waals surface area contributed by atoms with E-state index in [2.05, 4.69) is 10.3 Å². The largest absolute Gasteiger partial charge is 0.351 e. The zero-order chi connectivity index (χ0) is 20.5. The molecule has 0 spiro atoms. The summed E-state index contributed by atoms with van der Waals surface area (Å²) in [5, 5.41) is 14.7. The number of amides is 1. The van der Waals surface area contributed by atoms with Crippen LogP contribution < -0.4 is 5.32 Å². The van der Waals surface area contributed by atoms with Crippen LogP contribution in [0.4, 0.5) is 5.69 Å². The lowest BCUT2D eigenvalue weighted by atomic mass is 10.0. The number of nitrogens with one attached hydrogen (secondary N) is 1. The van der Waals surface area contributed by atoms with E-state index < -0.39 is 4.92 Å². The molecule has 1 aromatic heterocycles. The Morgan fingerprint density at radius 3 is 2.41 bits per heavy atom. The minimum absolute atomic E-state index is 0.0133. The van der Waals surface area contributed by atoms with Gasteiger partial charge in [0.05, 0.1) is 9.95 Å². The second kappa shape index (κ2) is 10.2. The van der Waals surface area contributed by atoms with Crippen LogP contribution in [0.25, 0.3) is 11.6 Å². The quantitative estimate of drug-likeness (QED) is 0.150. The highest BCUT2D eigenvalue weighted by Gasteiger charge is 2.12. The molecule has 0 saturated heterocycles. The number of non-ortho nitro benzene ring substituents is 1. The smallest absolute Gasteiger partial charge is 0.269 e. The zero-order valence-corrected chi connectivity index (χ0v) is 16.3. The van der Waals surface area contributed by atoms with E-state index in [0.717, 1.165) is 10.6 Å². The summed E-state index contributed by atoms with van der Waals surface area (Å²) in [6, 6.07) is 21.2. The van der Waals surface area contributed by atoms with Crippen molar-refractivity contribution in [2.75, 3.05) is 12.3 Å². The number of nitro benzene ring substituents is 1. The van der Waals surface area contributed by atoms with Crippen molar-refractivity contribution in [3.05, 3.63) is 100 Å². The van der Waals surface area contributed by atoms with Crippen LogP contribution in [0, 0.1) is 10.1 Å². The first-order valence-corrected chi connectivity index (χ1v) is 9.95. The monoisotopic (exact) mass is 405 g/mol. The summed E-state index contributed by atoms with van der Waals surface area (Å²) in [6.07, 6.45) is 3.47. The van der Waals surface area contributed by atoms with E-state index >= 15 is 0 Å². The number of benzene rings is 2. The Morgan fingerprint density at radius 2 is 1.76 bits per heavy atom. The third-order valence-corrected chi connectivity index (χ3v) is 4.97. The molecular formula is C22H19N3O3S. The molecule has 0 aliphatic rings. The summed E-state index contributed by atoms with van der Waals surface area (Å²) in [7, 11) is 0. The van der Waals surface area contributed by atoms with E-state index in [0.29, 0.717) is 23.4 Å². The summed E-state index contributed by atoms with van der Waals surface area (Å²) in [6.45, 7) is 0.491. The van der Waals surface area contributed by atoms with Crippen molar-refractivity contribution in [3.8, 4) is 0 Å². The van der Waals surface area contributed by atoms with Crippen LogP contribution in [0.2, 0.25) is 0 Å². The number of pyridine rings is 1. The summed E-state index contributed by atoms with van der Waals surface area (Å²) >= 11 is 1.57. The van der Waals surface area contributed by atoms with Gasteiger partial charge in [0.1, 0.15) is 0 Å². The van der Waals surface area contributed by atoms with Crippen molar-refractivity contribution in [2.45, 2.75) is 5.03 Å². The number of nitrogens with zero attached hydrogens (tertiary/aromatic N) is 2. The standard InChI is InChI=1S/C22H19N3O3S/c26-22(24-14-15-29-21-8-4-5-13-23-21)20(18-6-2-1-3-7-18)16-17-9-11-19(12-10-17)25(27)28/h1-13,16H,14-15H2,(H,24,26)/b20-16+. The second-order valence-corrected chi connectivity index (χ2v) is 7.16. The molecule has 0 bridgehead atoms. The lowest BCUT2D eigenvalue weighted by Gasteiger charge is -2.10. The van der Waals surface area contributed by atoms with Gasteiger partial charge < -0.3 is 5.32 Å². The molecule has 0 atom stereocenters. The lowest BCUT2D eigenvalue weighted by molar-refractivity contribution is -0.384. The molecule has 3 aromatic rings. The Balaban J connectivity index is 1.71. The maximum Gasteiger partial charge on any atom is 0.269 e. The third-order valence-electron chi connectivity index (χ3n) is 4.02. The summed E-state index contributed by atoms with van der Waals surface area (Å²) < 4.78 is 0. The molecule has 0 aliphatic heterocycles. The van der Waals surface area contributed by atoms with Crippen molar-refractivity contribution in [2.24, 2.45) is 0 Å². The van der Waals surface area contributed by atoms with Crippen LogP contribution in [0.5, 0.6) is 0 Å². The zero-order valence-electron chi connectivity index (χ0n) is 15.5. The lowest BCUT2D eigenvalue weighted by Crippen LogP contribution is -2.26. The number of carbonyl (C=O) groups excluding carboxylic acids is 1. The first-order chi connectivity index (χ1) is 14.1. The normalized spacial score (nSPS) is 11.1. The fourth-order valence-electron chi connectivity index (χ4n) is 2.60. The Bertz CT molecular complexity index is 991. The predicted octanol–water partition coefficient (Wildman–Crippen LogP) is 4.44. The van der Waals surface area contributed by atoms with Gasteiger partial charge >= 0.3 is 0 Å². The van der Waals surface area contributed by atoms with Crippen molar-refractivity contribution >= 4 is 35.0 Å². The summed E-state index contributed by atoms with van der Waals surface area (Å²) in [5.41, 5.74) is 2.01. The van der Waals surface area contributed by atoms with Gasteiger partial charge in [-0.3, -0.25) is 14.9 Å². The highest BCUT2D eigenvalue weighted by atomic mass is 32.2. The van der Waals surface area contributed by atoms with Crippen LogP contribution in [-0.2, 0) is 4.79 Å². The number of aromatic nitrogens is 1. The van der Waals surface area contributed by atoms with Gasteiger partial charge in [-0.25, -0.2) is 4.98 Å². The molecule has 7 heteroatoms. The topological polar surface area (TPSA) is 85.1 Å². The van der Waals surface area contributed by atoms with Crippen molar-refractivity contribution in [1.82, 2.24) is 10.3 Å². The maximum absolute atomic E-state index is 12.8. The molecule has 0 radical (unpaired) electrons. The molecule has 0 aliphatic carbocycles. The Morgan fingerprint density at radius 1 is 1.03 bits per heavy atom. The number of hydrogen-bond donors (Lipinski definition) is 1. The van der Waals surface area contributed by atoms with Crippen molar-refractivity contribution < 1.29 is 9.72 Å². The van der Waals surface area contributed by atoms with E-state index in [1.54, 1.807) is 36.2 Å². The van der Waals surface area contributed by atoms with Crippen LogP contribution in [0.15, 0.2) is 84.0 Å². The highest BCUT2D eigenvalue weighted by molar-refractivity contribution is 7.99. The molecule has 0 unspecified atom stereocenters. The number of rotatable bonds is 8. The molecule has 1 amide bonds. The minimum atomic E-state index is -0.447. The predicted molar refractivity (Wildman–Crippen MR) is 115 cm³/mol. The molecule has 1 N–H and O–H groups in total. The SMILES string of the molecule is O=C(NCCSc1ccccn1)/C(=C/c1ccc([N+](=O)[O-])cc1)c1ccccc1. The van der Waals surface area contributed by atoms with E-state index in [4.69, 9.17) is 0 Å². The van der Waals surface area contributed by atoms with Gasteiger partial charge in [0.2, 0.25) is 0 Å². The fourth-order valence-corrected chi connectivity index (χ4v) is 3.33. The van der Waals surface area contributed by atoms with Crippen LogP contribution in [0.3, 0.4) is 0 Å². The molecule has 1 heterocycles. The molecule has 6 nitrogen and oxygen atoms in total. The van der Waals surface area contributed by atoms with Crippen molar-refractivity contribution in [3.63, 3.8) is 0 Å². The molecule has 146 valence electrons. The van der Waals surface area contributed by atoms with Gasteiger partial charge in [-0.1, -0.05) is 36.4 Å². The average molecular weight is 405 g/mol. The highest BCUT2D eigenvalue weighted by Crippen LogP contribution is 2.21. The van der Waals surface area contributed by atoms with Gasteiger partial charge in [-0.05, 0) is 41.5 Å². The Kier molecular flexibility index (Phi) is 7.13. The van der Waals surface area contributed by atoms with Gasteiger partial charge in [0.15, 0.2) is 0 Å². The first kappa shape index (κ1) is 20.3. The van der Waals surface area contributed by atoms with Crippen LogP contribution in [-0.4, -0.2) is 28.1 Å². The van der Waals surface area contributed by atoms with Crippen LogP contribution >= 0.6 is 11.8 Å². The van der Waals surface area contributed by atoms with E-state index in [9.17, 15) is 14.9 Å². The van der Waals surface area contributed by atoms with Gasteiger partial charge in [-0.15, -0.1) is 11.8 Å². The molecule has 0 fully saturated rings. The number of carbonyl (C=O) groups is 1. The average Bonchev–Trinajstić information content (AvgIpc) is 2.76. The van der Waals surface area contributed by atoms with Gasteiger partial charge in [0.25, 0.3) is 11.6 Å². The second-order valence-electron chi connectivity index (χ2n) is 6.05. The van der Waals surface area contributed by atoms with E-state index in [1.165, 1.54) is 12.1 Å². The fraction of sp³-hybridized carbons (Fsp3) is 0.0909. The van der Waals surface area contributed by atoms with Gasteiger partial charge in [-0.2, -0.15) is 0 Å². The number of thioether (sulfide) groups is 1. The van der Waals surface area contributed by atoms with Crippen LogP contribution in [0.1, 0.15) is 11.1 Å². The van der Waals surface area contributed by atoms with Gasteiger partial charge in [0, 0.05) is 36.2 Å². The summed E-state index contributed by atoms with van der Waals surface area (Å²) in [4.78, 5) is 27.5. The third kappa shape index (κ3) is 6.02. The molecule has 0 saturated carbocycles. The number of hydrogen-bond acceptors (Lipinski definition) is 5. The number of nitro groups is 1. The Hall–Kier alpha value is -3.45. The minimum Gasteiger partial charge on any atom is -0.351 e.